The van der Waals surface area contributed by atoms with Crippen LogP contribution in [-0.4, -0.2) is 6.71 Å². The third-order valence-corrected chi connectivity index (χ3v) is 12.7. The Morgan fingerprint density at radius 1 is 0.329 bits per heavy atom. The number of rotatable bonds is 5. The van der Waals surface area contributed by atoms with Crippen LogP contribution in [0.5, 0.6) is 0 Å². The summed E-state index contributed by atoms with van der Waals surface area (Å²) in [7, 11) is 0. The third kappa shape index (κ3) is 9.01. The molecule has 9 rings (SSSR count). The second-order valence-electron chi connectivity index (χ2n) is 24.8. The predicted octanol–water partition coefficient (Wildman–Crippen LogP) is 17.0. The van der Waals surface area contributed by atoms with E-state index in [0.29, 0.717) is 0 Å². The number of nitrogens with zero attached hydrogens (tertiary/aromatic N) is 3. The number of anilines is 9. The van der Waals surface area contributed by atoms with Crippen LogP contribution >= 0.6 is 0 Å². The molecule has 2 aliphatic heterocycles. The van der Waals surface area contributed by atoms with Crippen molar-refractivity contribution in [2.24, 2.45) is 0 Å². The summed E-state index contributed by atoms with van der Waals surface area (Å²) in [5.74, 6) is 0. The zero-order valence-corrected chi connectivity index (χ0v) is 44.1. The topological polar surface area (TPSA) is 9.72 Å². The van der Waals surface area contributed by atoms with Crippen molar-refractivity contribution in [3.05, 3.63) is 178 Å². The molecule has 0 aromatic heterocycles. The van der Waals surface area contributed by atoms with Gasteiger partial charge in [0.15, 0.2) is 0 Å². The molecule has 2 heterocycles. The van der Waals surface area contributed by atoms with Gasteiger partial charge in [-0.2, -0.15) is 0 Å². The average Bonchev–Trinajstić information content (AvgIpc) is 0.673. The van der Waals surface area contributed by atoms with Crippen LogP contribution in [0.15, 0.2) is 145 Å². The second-order valence-corrected chi connectivity index (χ2v) is 24.8. The Labute approximate surface area is 454 Å². The molecule has 0 fully saturated rings. The maximum absolute atomic E-state index is 10.6. The minimum Gasteiger partial charge on any atom is -0.311 e. The molecule has 2 aliphatic rings. The van der Waals surface area contributed by atoms with Gasteiger partial charge in [0.05, 0.1) is 35.8 Å². The maximum atomic E-state index is 10.6. The molecule has 3 nitrogen and oxygen atoms in total. The van der Waals surface area contributed by atoms with Gasteiger partial charge in [0.25, 0.3) is 6.71 Å². The molecule has 0 aliphatic carbocycles. The van der Waals surface area contributed by atoms with Gasteiger partial charge in [0.1, 0.15) is 0 Å². The van der Waals surface area contributed by atoms with Gasteiger partial charge in [0.2, 0.25) is 0 Å². The van der Waals surface area contributed by atoms with E-state index in [4.69, 9.17) is 0 Å². The lowest BCUT2D eigenvalue weighted by molar-refractivity contribution is 0.590. The molecule has 7 aromatic carbocycles. The lowest BCUT2D eigenvalue weighted by Crippen LogP contribution is -2.61. The van der Waals surface area contributed by atoms with Gasteiger partial charge in [-0.1, -0.05) is 197 Å². The molecule has 0 atom stereocenters. The Morgan fingerprint density at radius 2 is 0.600 bits per heavy atom. The van der Waals surface area contributed by atoms with Crippen molar-refractivity contribution in [2.45, 2.75) is 157 Å². The van der Waals surface area contributed by atoms with Crippen molar-refractivity contribution in [3.8, 4) is 0 Å². The fourth-order valence-electron chi connectivity index (χ4n) is 8.43. The number of fused-ring (bicyclic) bond motifs is 4. The molecule has 0 amide bonds. The molecule has 70 heavy (non-hydrogen) atoms. The van der Waals surface area contributed by atoms with Gasteiger partial charge >= 0.3 is 0 Å². The average molecular weight is 946 g/mol. The van der Waals surface area contributed by atoms with Gasteiger partial charge in [-0.3, -0.25) is 0 Å². The molecule has 0 saturated carbocycles. The Bertz CT molecular complexity index is 4010. The monoisotopic (exact) mass is 946 g/mol. The molecule has 0 N–H and O–H groups in total. The first-order chi connectivity index (χ1) is 41.7. The molecule has 0 radical (unpaired) electrons. The molecule has 0 saturated heterocycles. The summed E-state index contributed by atoms with van der Waals surface area (Å²) in [6.07, 6.45) is 0. The number of benzene rings is 7. The van der Waals surface area contributed by atoms with Crippen molar-refractivity contribution in [2.75, 3.05) is 14.7 Å². The standard InChI is InChI=1S/C66H78BN3/c1-61(2,3)43-19-29-49(30-20-43)68(50-31-21-44(22-32-50)62(4,5)6)53-41-58-60-59(42-53)70(52-35-25-46(26-36-52)64(10,11)12)57-38-28-48(66(16,17)18)40-55(57)67(60)54-39-47(65(13,14)15)27-37-56(54)69(58)51-33-23-45(24-34-51)63(7,8)9/h19-42H,1-18H3/i19D,20D,21D,22D,23D,24D,25D,26D,27D,28D,29D,30D,31D,32D,33D,34D,35D,36D,37D,38D,39D,40D. The Morgan fingerprint density at radius 3 is 0.886 bits per heavy atom. The largest absolute Gasteiger partial charge is 0.311 e. The van der Waals surface area contributed by atoms with Crippen LogP contribution in [0.4, 0.5) is 51.2 Å². The SMILES string of the molecule is [2H]c1c([2H])c(C(C)(C)C)c([2H])c([2H])c1N(c1cc2c3c(c1)N(c1c([2H])c([2H])c(C(C)(C)C)c([2H])c1[2H])c1c([2H])c([2H])c(C(C)(C)C)c([2H])c1B3c1c([2H])c(C(C)(C)C)c([2H])c([2H])c1N2c1c([2H])c([2H])c(C(C)(C)C)c([2H])c1[2H])c1c([2H])c([2H])c(C(C)(C)C)c([2H])c1[2H]. The summed E-state index contributed by atoms with van der Waals surface area (Å²) in [6, 6.07) is -10.1. The van der Waals surface area contributed by atoms with E-state index in [-0.39, 0.29) is 90.3 Å². The highest BCUT2D eigenvalue weighted by atomic mass is 15.2. The predicted molar refractivity (Wildman–Crippen MR) is 307 cm³/mol. The lowest BCUT2D eigenvalue weighted by atomic mass is 9.33. The lowest BCUT2D eigenvalue weighted by Gasteiger charge is -2.45. The highest BCUT2D eigenvalue weighted by Gasteiger charge is 2.45. The summed E-state index contributed by atoms with van der Waals surface area (Å²) in [4.78, 5) is 3.35. The normalized spacial score (nSPS) is 18.5. The number of hydrogen-bond acceptors (Lipinski definition) is 3. The second kappa shape index (κ2) is 16.8. The summed E-state index contributed by atoms with van der Waals surface area (Å²) in [6.45, 7) is 29.2. The Kier molecular flexibility index (Phi) is 6.91. The van der Waals surface area contributed by atoms with Gasteiger partial charge in [-0.15, -0.1) is 0 Å². The van der Waals surface area contributed by atoms with E-state index >= 15 is 0 Å². The first kappa shape index (κ1) is 28.8. The molecule has 0 spiro atoms. The molecule has 0 unspecified atom stereocenters. The molecule has 360 valence electrons. The third-order valence-electron chi connectivity index (χ3n) is 12.7. The zero-order valence-electron chi connectivity index (χ0n) is 66.1. The Balaban J connectivity index is 1.72. The van der Waals surface area contributed by atoms with Gasteiger partial charge in [-0.25, -0.2) is 0 Å². The van der Waals surface area contributed by atoms with Crippen molar-refractivity contribution in [1.82, 2.24) is 0 Å². The molecular weight excluding hydrogens is 846 g/mol. The molecule has 0 bridgehead atoms. The minimum absolute atomic E-state index is 0.00108. The highest BCUT2D eigenvalue weighted by molar-refractivity contribution is 7.00. The summed E-state index contributed by atoms with van der Waals surface area (Å²) in [5, 5.41) is 0. The Hall–Kier alpha value is -6.00. The summed E-state index contributed by atoms with van der Waals surface area (Å²) in [5.41, 5.74) is -10.5. The first-order valence-corrected chi connectivity index (χ1v) is 24.0. The fourth-order valence-corrected chi connectivity index (χ4v) is 8.43. The van der Waals surface area contributed by atoms with E-state index in [1.54, 1.807) is 125 Å². The van der Waals surface area contributed by atoms with Crippen molar-refractivity contribution >= 4 is 74.3 Å². The first-order valence-electron chi connectivity index (χ1n) is 35.0. The van der Waals surface area contributed by atoms with E-state index in [1.165, 1.54) is 21.9 Å². The van der Waals surface area contributed by atoms with Crippen LogP contribution in [0, 0.1) is 0 Å². The van der Waals surface area contributed by atoms with Crippen LogP contribution in [0.1, 0.15) is 188 Å². The molecule has 4 heteroatoms. The van der Waals surface area contributed by atoms with Crippen LogP contribution in [-0.2, 0) is 32.5 Å². The van der Waals surface area contributed by atoms with E-state index in [1.807, 2.05) is 0 Å². The maximum Gasteiger partial charge on any atom is 0.252 e. The smallest absolute Gasteiger partial charge is 0.252 e. The van der Waals surface area contributed by atoms with Crippen LogP contribution in [0.3, 0.4) is 0 Å². The van der Waals surface area contributed by atoms with E-state index in [0.717, 1.165) is 4.90 Å². The highest BCUT2D eigenvalue weighted by Crippen LogP contribution is 2.49. The van der Waals surface area contributed by atoms with E-state index in [9.17, 15) is 30.2 Å². The summed E-state index contributed by atoms with van der Waals surface area (Å²) >= 11 is 0. The van der Waals surface area contributed by atoms with E-state index in [2.05, 4.69) is 0 Å². The fraction of sp³-hybridized carbons (Fsp3) is 0.364. The zero-order chi connectivity index (χ0) is 69.8. The van der Waals surface area contributed by atoms with Gasteiger partial charge < -0.3 is 14.7 Å². The summed E-state index contributed by atoms with van der Waals surface area (Å²) < 4.78 is 220. The molecule has 7 aromatic rings. The number of hydrogen-bond donors (Lipinski definition) is 0. The van der Waals surface area contributed by atoms with Crippen LogP contribution in [0.2, 0.25) is 0 Å². The van der Waals surface area contributed by atoms with Crippen molar-refractivity contribution < 1.29 is 30.2 Å². The quantitative estimate of drug-likeness (QED) is 0.159. The van der Waals surface area contributed by atoms with Crippen molar-refractivity contribution in [1.29, 1.82) is 0 Å². The van der Waals surface area contributed by atoms with Gasteiger partial charge in [-0.05, 0) is 155 Å². The molecular formula is C66H78BN3. The van der Waals surface area contributed by atoms with E-state index < -0.39 is 183 Å². The minimum atomic E-state index is -1.59. The van der Waals surface area contributed by atoms with Crippen LogP contribution in [0.25, 0.3) is 0 Å². The van der Waals surface area contributed by atoms with Crippen molar-refractivity contribution in [3.63, 3.8) is 0 Å². The van der Waals surface area contributed by atoms with Crippen LogP contribution < -0.4 is 31.1 Å². The van der Waals surface area contributed by atoms with Gasteiger partial charge in [0, 0.05) is 45.5 Å².